The van der Waals surface area contributed by atoms with Gasteiger partial charge in [-0.25, -0.2) is 4.98 Å². The molecule has 2 aromatic rings. The van der Waals surface area contributed by atoms with Crippen LogP contribution in [0.1, 0.15) is 43.4 Å². The molecule has 0 unspecified atom stereocenters. The van der Waals surface area contributed by atoms with Crippen LogP contribution in [0.15, 0.2) is 41.2 Å². The first-order valence-electron chi connectivity index (χ1n) is 13.8. The molecule has 194 valence electrons. The molecule has 1 aromatic carbocycles. The minimum atomic E-state index is -0.0976. The lowest BCUT2D eigenvalue weighted by atomic mass is 10.1. The summed E-state index contributed by atoms with van der Waals surface area (Å²) in [5.74, 6) is 1.19. The third kappa shape index (κ3) is 6.53. The van der Waals surface area contributed by atoms with Gasteiger partial charge in [0.05, 0.1) is 5.69 Å². The number of nitrogens with zero attached hydrogens (tertiary/aromatic N) is 5. The third-order valence-corrected chi connectivity index (χ3v) is 8.00. The molecule has 36 heavy (non-hydrogen) atoms. The summed E-state index contributed by atoms with van der Waals surface area (Å²) < 4.78 is 0. The topological polar surface area (TPSA) is 75.8 Å². The molecular formula is C28H40N6O2. The van der Waals surface area contributed by atoms with Crippen molar-refractivity contribution in [1.29, 1.82) is 0 Å². The Labute approximate surface area is 214 Å². The van der Waals surface area contributed by atoms with E-state index in [1.807, 2.05) is 4.90 Å². The van der Waals surface area contributed by atoms with Crippen molar-refractivity contribution in [2.75, 3.05) is 63.8 Å². The van der Waals surface area contributed by atoms with Crippen molar-refractivity contribution in [2.45, 2.75) is 45.1 Å². The van der Waals surface area contributed by atoms with Crippen LogP contribution in [0.5, 0.6) is 0 Å². The van der Waals surface area contributed by atoms with Gasteiger partial charge < -0.3 is 14.7 Å². The van der Waals surface area contributed by atoms with Gasteiger partial charge in [0, 0.05) is 77.4 Å². The van der Waals surface area contributed by atoms with Crippen LogP contribution in [0.4, 0.5) is 5.95 Å². The first-order chi connectivity index (χ1) is 17.6. The SMILES string of the molecule is O=C(C1CCCC1)N1CCCN(c2nc(CN3CCN(CCc4ccccc4)CC3)cc(=O)[nH]2)CC1. The lowest BCUT2D eigenvalue weighted by Gasteiger charge is -2.34. The van der Waals surface area contributed by atoms with E-state index >= 15 is 0 Å². The molecule has 3 heterocycles. The van der Waals surface area contributed by atoms with E-state index in [1.54, 1.807) is 6.07 Å². The zero-order chi connectivity index (χ0) is 24.7. The largest absolute Gasteiger partial charge is 0.341 e. The number of H-pyrrole nitrogens is 1. The van der Waals surface area contributed by atoms with Gasteiger partial charge >= 0.3 is 0 Å². The lowest BCUT2D eigenvalue weighted by molar-refractivity contribution is -0.135. The molecule has 3 fully saturated rings. The van der Waals surface area contributed by atoms with E-state index in [4.69, 9.17) is 4.98 Å². The second kappa shape index (κ2) is 12.0. The number of amides is 1. The van der Waals surface area contributed by atoms with E-state index in [2.05, 4.69) is 50.0 Å². The molecule has 2 aliphatic heterocycles. The Morgan fingerprint density at radius 3 is 2.42 bits per heavy atom. The molecule has 0 spiro atoms. The fraction of sp³-hybridized carbons (Fsp3) is 0.607. The summed E-state index contributed by atoms with van der Waals surface area (Å²) >= 11 is 0. The minimum absolute atomic E-state index is 0.0976. The molecule has 3 aliphatic rings. The van der Waals surface area contributed by atoms with Gasteiger partial charge in [-0.2, -0.15) is 0 Å². The average molecular weight is 493 g/mol. The number of piperazine rings is 1. The fourth-order valence-electron chi connectivity index (χ4n) is 5.84. The molecule has 2 saturated heterocycles. The zero-order valence-electron chi connectivity index (χ0n) is 21.4. The van der Waals surface area contributed by atoms with Crippen molar-refractivity contribution in [1.82, 2.24) is 24.7 Å². The highest BCUT2D eigenvalue weighted by Gasteiger charge is 2.29. The van der Waals surface area contributed by atoms with Crippen LogP contribution in [0, 0.1) is 5.92 Å². The van der Waals surface area contributed by atoms with E-state index in [0.29, 0.717) is 31.5 Å². The molecule has 0 atom stereocenters. The number of hydrogen-bond donors (Lipinski definition) is 1. The van der Waals surface area contributed by atoms with Gasteiger partial charge in [-0.1, -0.05) is 43.2 Å². The average Bonchev–Trinajstić information content (AvgIpc) is 3.33. The third-order valence-electron chi connectivity index (χ3n) is 8.00. The Morgan fingerprint density at radius 1 is 0.889 bits per heavy atom. The molecule has 8 heteroatoms. The van der Waals surface area contributed by atoms with Gasteiger partial charge in [0.2, 0.25) is 11.9 Å². The predicted octanol–water partition coefficient (Wildman–Crippen LogP) is 2.36. The summed E-state index contributed by atoms with van der Waals surface area (Å²) in [6.07, 6.45) is 6.42. The Balaban J connectivity index is 1.13. The van der Waals surface area contributed by atoms with Crippen LogP contribution in [0.2, 0.25) is 0 Å². The molecule has 1 N–H and O–H groups in total. The summed E-state index contributed by atoms with van der Waals surface area (Å²) in [6, 6.07) is 12.3. The predicted molar refractivity (Wildman–Crippen MR) is 142 cm³/mol. The lowest BCUT2D eigenvalue weighted by Crippen LogP contribution is -2.46. The highest BCUT2D eigenvalue weighted by Crippen LogP contribution is 2.27. The number of nitrogens with one attached hydrogen (secondary N) is 1. The number of anilines is 1. The number of hydrogen-bond acceptors (Lipinski definition) is 6. The highest BCUT2D eigenvalue weighted by molar-refractivity contribution is 5.79. The maximum absolute atomic E-state index is 12.9. The summed E-state index contributed by atoms with van der Waals surface area (Å²) in [6.45, 7) is 8.86. The zero-order valence-corrected chi connectivity index (χ0v) is 21.4. The van der Waals surface area contributed by atoms with Crippen molar-refractivity contribution in [2.24, 2.45) is 5.92 Å². The summed E-state index contributed by atoms with van der Waals surface area (Å²) in [4.78, 5) is 42.3. The van der Waals surface area contributed by atoms with Gasteiger partial charge in [0.1, 0.15) is 0 Å². The monoisotopic (exact) mass is 492 g/mol. The van der Waals surface area contributed by atoms with Crippen LogP contribution >= 0.6 is 0 Å². The molecule has 0 bridgehead atoms. The van der Waals surface area contributed by atoms with E-state index in [0.717, 1.165) is 77.2 Å². The maximum atomic E-state index is 12.9. The number of carbonyl (C=O) groups excluding carboxylic acids is 1. The van der Waals surface area contributed by atoms with Crippen LogP contribution in [0.25, 0.3) is 0 Å². The summed E-state index contributed by atoms with van der Waals surface area (Å²) in [7, 11) is 0. The van der Waals surface area contributed by atoms with Crippen LogP contribution in [-0.4, -0.2) is 89.5 Å². The molecule has 1 amide bonds. The normalized spacial score (nSPS) is 20.6. The molecule has 5 rings (SSSR count). The fourth-order valence-corrected chi connectivity index (χ4v) is 5.84. The maximum Gasteiger partial charge on any atom is 0.252 e. The number of carbonyl (C=O) groups is 1. The van der Waals surface area contributed by atoms with Gasteiger partial charge in [-0.3, -0.25) is 19.5 Å². The summed E-state index contributed by atoms with van der Waals surface area (Å²) in [5.41, 5.74) is 2.12. The van der Waals surface area contributed by atoms with E-state index in [-0.39, 0.29) is 11.5 Å². The van der Waals surface area contributed by atoms with Crippen LogP contribution < -0.4 is 10.5 Å². The van der Waals surface area contributed by atoms with Gasteiger partial charge in [-0.05, 0) is 31.2 Å². The number of benzene rings is 1. The number of aromatic nitrogens is 2. The Morgan fingerprint density at radius 2 is 1.64 bits per heavy atom. The Bertz CT molecular complexity index is 1040. The minimum Gasteiger partial charge on any atom is -0.341 e. The van der Waals surface area contributed by atoms with Gasteiger partial charge in [-0.15, -0.1) is 0 Å². The summed E-state index contributed by atoms with van der Waals surface area (Å²) in [5, 5.41) is 0. The molecule has 0 radical (unpaired) electrons. The molecule has 8 nitrogen and oxygen atoms in total. The van der Waals surface area contributed by atoms with Crippen LogP contribution in [0.3, 0.4) is 0 Å². The van der Waals surface area contributed by atoms with E-state index in [9.17, 15) is 9.59 Å². The smallest absolute Gasteiger partial charge is 0.252 e. The Kier molecular flexibility index (Phi) is 8.33. The first kappa shape index (κ1) is 25.0. The Hall–Kier alpha value is -2.71. The second-order valence-corrected chi connectivity index (χ2v) is 10.6. The van der Waals surface area contributed by atoms with Crippen LogP contribution in [-0.2, 0) is 17.8 Å². The molecular weight excluding hydrogens is 452 g/mol. The second-order valence-electron chi connectivity index (χ2n) is 10.6. The van der Waals surface area contributed by atoms with Crippen molar-refractivity contribution < 1.29 is 4.79 Å². The van der Waals surface area contributed by atoms with E-state index in [1.165, 1.54) is 18.4 Å². The van der Waals surface area contributed by atoms with Gasteiger partial charge in [0.25, 0.3) is 5.56 Å². The first-order valence-corrected chi connectivity index (χ1v) is 13.8. The van der Waals surface area contributed by atoms with E-state index < -0.39 is 0 Å². The molecule has 1 aromatic heterocycles. The standard InChI is InChI=1S/C28H40N6O2/c35-26-21-25(22-32-17-15-31(16-18-32)14-11-23-7-2-1-3-8-23)29-28(30-26)34-13-6-12-33(19-20-34)27(36)24-9-4-5-10-24/h1-3,7-8,21,24H,4-6,9-20,22H2,(H,29,30,35). The van der Waals surface area contributed by atoms with Gasteiger partial charge in [0.15, 0.2) is 0 Å². The molecule has 1 saturated carbocycles. The molecule has 1 aliphatic carbocycles. The van der Waals surface area contributed by atoms with Crippen molar-refractivity contribution in [3.05, 3.63) is 58.0 Å². The number of aromatic amines is 1. The quantitative estimate of drug-likeness (QED) is 0.640. The number of rotatable bonds is 7. The van der Waals surface area contributed by atoms with Crippen molar-refractivity contribution >= 4 is 11.9 Å². The van der Waals surface area contributed by atoms with Crippen molar-refractivity contribution in [3.63, 3.8) is 0 Å². The van der Waals surface area contributed by atoms with Crippen molar-refractivity contribution in [3.8, 4) is 0 Å². The highest BCUT2D eigenvalue weighted by atomic mass is 16.2.